The van der Waals surface area contributed by atoms with Crippen molar-refractivity contribution in [1.29, 1.82) is 0 Å². The van der Waals surface area contributed by atoms with Crippen molar-refractivity contribution < 1.29 is 0 Å². The van der Waals surface area contributed by atoms with Gasteiger partial charge in [0.1, 0.15) is 0 Å². The van der Waals surface area contributed by atoms with E-state index in [1.165, 1.54) is 16.5 Å². The van der Waals surface area contributed by atoms with Crippen LogP contribution in [0.2, 0.25) is 43.5 Å². The van der Waals surface area contributed by atoms with Crippen LogP contribution in [0.15, 0.2) is 54.7 Å². The molecule has 1 heterocycles. The molecule has 2 radical (unpaired) electrons. The topological polar surface area (TPSA) is 16.1 Å². The second-order valence-corrected chi connectivity index (χ2v) is 25.7. The van der Waals surface area contributed by atoms with E-state index in [0.29, 0.717) is 4.25 Å². The zero-order valence-electron chi connectivity index (χ0n) is 19.1. The summed E-state index contributed by atoms with van der Waals surface area (Å²) in [6.07, 6.45) is 1.94. The second-order valence-electron chi connectivity index (χ2n) is 10.4. The number of hydrogen-bond donors (Lipinski definition) is 0. The van der Waals surface area contributed by atoms with Crippen LogP contribution < -0.4 is 0 Å². The maximum absolute atomic E-state index is 4.83. The van der Waals surface area contributed by atoms with Crippen LogP contribution in [0.5, 0.6) is 0 Å². The molecule has 0 aliphatic heterocycles. The van der Waals surface area contributed by atoms with Crippen molar-refractivity contribution in [3.8, 4) is 0 Å². The minimum atomic E-state index is -1.67. The standard InChI is InChI=1S/C23H36GeN2Si2/c1-23(2,3)24-26(28(7,8)9)21(19-15-11-10-12-16-19)22(27(4,5)6)20-17-13-14-18-25-20/h10-18H,1-9H3/b22-21+. The Bertz CT molecular complexity index is 798. The summed E-state index contributed by atoms with van der Waals surface area (Å²) in [6.45, 7) is 22.0. The van der Waals surface area contributed by atoms with Crippen LogP contribution in [-0.4, -0.2) is 40.5 Å². The van der Waals surface area contributed by atoms with Crippen LogP contribution in [0.3, 0.4) is 0 Å². The summed E-state index contributed by atoms with van der Waals surface area (Å²) in [5, 5.41) is 1.50. The van der Waals surface area contributed by atoms with Crippen molar-refractivity contribution in [3.63, 3.8) is 0 Å². The van der Waals surface area contributed by atoms with Crippen molar-refractivity contribution in [2.75, 3.05) is 0 Å². The molecular weight excluding hydrogens is 433 g/mol. The first kappa shape index (κ1) is 23.2. The van der Waals surface area contributed by atoms with E-state index in [0.717, 1.165) is 5.69 Å². The first-order valence-corrected chi connectivity index (χ1v) is 19.0. The molecule has 0 saturated heterocycles. The fourth-order valence-electron chi connectivity index (χ4n) is 3.25. The van der Waals surface area contributed by atoms with E-state index in [9.17, 15) is 0 Å². The second kappa shape index (κ2) is 8.72. The molecule has 0 amide bonds. The van der Waals surface area contributed by atoms with E-state index in [1.54, 1.807) is 0 Å². The Morgan fingerprint density at radius 1 is 0.857 bits per heavy atom. The quantitative estimate of drug-likeness (QED) is 0.433. The molecule has 5 heteroatoms. The Labute approximate surface area is 181 Å². The fraction of sp³-hybridized carbons (Fsp3) is 0.435. The number of aromatic nitrogens is 1. The number of benzene rings is 1. The zero-order chi connectivity index (χ0) is 21.2. The molecular formula is C23H36GeN2Si2. The predicted molar refractivity (Wildman–Crippen MR) is 131 cm³/mol. The number of nitrogens with zero attached hydrogens (tertiary/aromatic N) is 2. The molecule has 0 atom stereocenters. The monoisotopic (exact) mass is 470 g/mol. The van der Waals surface area contributed by atoms with Crippen LogP contribution in [0.4, 0.5) is 0 Å². The maximum atomic E-state index is 4.83. The van der Waals surface area contributed by atoms with Gasteiger partial charge in [-0.25, -0.2) is 0 Å². The van der Waals surface area contributed by atoms with Gasteiger partial charge in [-0.1, -0.05) is 0 Å². The SMILES string of the molecule is C[C](C)(C)[Ge][N](/C(=C(\c1ccccn1)[Si](C)(C)C)c1ccccc1)[Si](C)(C)C. The van der Waals surface area contributed by atoms with Crippen LogP contribution in [-0.2, 0) is 0 Å². The van der Waals surface area contributed by atoms with E-state index >= 15 is 0 Å². The number of hydrogen-bond acceptors (Lipinski definition) is 2. The molecule has 0 aliphatic rings. The van der Waals surface area contributed by atoms with E-state index in [-0.39, 0.29) is 15.7 Å². The molecule has 1 aromatic carbocycles. The first-order valence-electron chi connectivity index (χ1n) is 10.1. The third kappa shape index (κ3) is 6.19. The Hall–Kier alpha value is -1.11. The summed E-state index contributed by atoms with van der Waals surface area (Å²) in [6, 6.07) is 17.4. The Morgan fingerprint density at radius 2 is 1.43 bits per heavy atom. The summed E-state index contributed by atoms with van der Waals surface area (Å²) in [4.78, 5) is 4.83. The molecule has 150 valence electrons. The molecule has 2 nitrogen and oxygen atoms in total. The van der Waals surface area contributed by atoms with Gasteiger partial charge in [0, 0.05) is 0 Å². The van der Waals surface area contributed by atoms with Gasteiger partial charge < -0.3 is 0 Å². The Balaban J connectivity index is 2.92. The fourth-order valence-corrected chi connectivity index (χ4v) is 12.7. The molecule has 0 N–H and O–H groups in total. The van der Waals surface area contributed by atoms with Gasteiger partial charge in [0.2, 0.25) is 0 Å². The molecule has 0 fully saturated rings. The van der Waals surface area contributed by atoms with Gasteiger partial charge in [0.05, 0.1) is 0 Å². The molecule has 28 heavy (non-hydrogen) atoms. The van der Waals surface area contributed by atoms with Crippen molar-refractivity contribution >= 4 is 42.9 Å². The van der Waals surface area contributed by atoms with Crippen molar-refractivity contribution in [3.05, 3.63) is 66.0 Å². The normalized spacial score (nSPS) is 13.9. The molecule has 1 aromatic heterocycles. The van der Waals surface area contributed by atoms with Gasteiger partial charge in [-0.15, -0.1) is 0 Å². The third-order valence-electron chi connectivity index (χ3n) is 4.30. The first-order chi connectivity index (χ1) is 12.8. The van der Waals surface area contributed by atoms with E-state index < -0.39 is 16.3 Å². The molecule has 0 aliphatic carbocycles. The summed E-state index contributed by atoms with van der Waals surface area (Å²) >= 11 is -0.350. The van der Waals surface area contributed by atoms with Gasteiger partial charge in [-0.2, -0.15) is 0 Å². The third-order valence-corrected chi connectivity index (χ3v) is 15.0. The Morgan fingerprint density at radius 3 is 1.86 bits per heavy atom. The Kier molecular flexibility index (Phi) is 7.21. The van der Waals surface area contributed by atoms with E-state index in [2.05, 4.69) is 106 Å². The van der Waals surface area contributed by atoms with E-state index in [4.69, 9.17) is 4.98 Å². The number of pyridine rings is 1. The molecule has 0 saturated carbocycles. The summed E-state index contributed by atoms with van der Waals surface area (Å²) in [5.74, 6) is 0. The molecule has 0 bridgehead atoms. The molecule has 0 spiro atoms. The van der Waals surface area contributed by atoms with Gasteiger partial charge in [-0.05, 0) is 0 Å². The average molecular weight is 469 g/mol. The van der Waals surface area contributed by atoms with Gasteiger partial charge >= 0.3 is 182 Å². The predicted octanol–water partition coefficient (Wildman–Crippen LogP) is 6.80. The summed E-state index contributed by atoms with van der Waals surface area (Å²) in [7, 11) is -3.26. The molecule has 0 unspecified atom stereocenters. The van der Waals surface area contributed by atoms with Crippen molar-refractivity contribution in [2.45, 2.75) is 64.3 Å². The average Bonchev–Trinajstić information content (AvgIpc) is 2.56. The van der Waals surface area contributed by atoms with Gasteiger partial charge in [0.15, 0.2) is 0 Å². The summed E-state index contributed by atoms with van der Waals surface area (Å²) < 4.78 is 3.22. The molecule has 2 rings (SSSR count). The van der Waals surface area contributed by atoms with Crippen LogP contribution in [0.1, 0.15) is 32.0 Å². The van der Waals surface area contributed by atoms with Crippen LogP contribution in [0, 0.1) is 0 Å². The summed E-state index contributed by atoms with van der Waals surface area (Å²) in [5.41, 5.74) is 3.97. The van der Waals surface area contributed by atoms with Gasteiger partial charge in [0.25, 0.3) is 0 Å². The van der Waals surface area contributed by atoms with Crippen LogP contribution >= 0.6 is 0 Å². The van der Waals surface area contributed by atoms with E-state index in [1.807, 2.05) is 12.3 Å². The van der Waals surface area contributed by atoms with Crippen molar-refractivity contribution in [1.82, 2.24) is 8.51 Å². The van der Waals surface area contributed by atoms with Gasteiger partial charge in [-0.3, -0.25) is 0 Å². The zero-order valence-corrected chi connectivity index (χ0v) is 23.2. The molecule has 2 aromatic rings. The minimum absolute atomic E-state index is 0.342. The van der Waals surface area contributed by atoms with Crippen molar-refractivity contribution in [2.24, 2.45) is 0 Å². The number of rotatable bonds is 6. The van der Waals surface area contributed by atoms with Crippen LogP contribution in [0.25, 0.3) is 10.9 Å².